The smallest absolute Gasteiger partial charge is 0.344 e. The second kappa shape index (κ2) is 9.40. The fraction of sp³-hybridized carbons (Fsp3) is 0.391. The summed E-state index contributed by atoms with van der Waals surface area (Å²) in [7, 11) is 0. The monoisotopic (exact) mass is 381 g/mol. The number of piperidine rings is 1. The first kappa shape index (κ1) is 19.9. The quantitative estimate of drug-likeness (QED) is 0.715. The summed E-state index contributed by atoms with van der Waals surface area (Å²) in [4.78, 5) is 25.9. The van der Waals surface area contributed by atoms with Gasteiger partial charge in [-0.2, -0.15) is 0 Å². The maximum Gasteiger partial charge on any atom is 0.344 e. The van der Waals surface area contributed by atoms with Gasteiger partial charge < -0.3 is 14.4 Å². The standard InChI is InChI=1S/C23H27NO4/c1-17-12-18(2)14-24(13-17)22(25)15-28-23(26)16-27-21-10-8-20(9-11-21)19-6-4-3-5-7-19/h3-11,17-18H,12-16H2,1-2H3/t17-,18-/m1/s1. The van der Waals surface area contributed by atoms with Gasteiger partial charge in [0.05, 0.1) is 0 Å². The molecule has 148 valence electrons. The van der Waals surface area contributed by atoms with Gasteiger partial charge in [0, 0.05) is 13.1 Å². The van der Waals surface area contributed by atoms with Crippen molar-refractivity contribution in [3.63, 3.8) is 0 Å². The maximum absolute atomic E-state index is 12.2. The Morgan fingerprint density at radius 1 is 0.893 bits per heavy atom. The lowest BCUT2D eigenvalue weighted by atomic mass is 9.92. The first-order chi connectivity index (χ1) is 13.5. The molecular formula is C23H27NO4. The molecule has 5 heteroatoms. The highest BCUT2D eigenvalue weighted by molar-refractivity contribution is 5.81. The zero-order valence-electron chi connectivity index (χ0n) is 16.5. The van der Waals surface area contributed by atoms with E-state index in [1.807, 2.05) is 54.6 Å². The normalized spacial score (nSPS) is 19.1. The van der Waals surface area contributed by atoms with Crippen LogP contribution in [0.5, 0.6) is 5.75 Å². The van der Waals surface area contributed by atoms with Crippen molar-refractivity contribution >= 4 is 11.9 Å². The van der Waals surface area contributed by atoms with Crippen LogP contribution in [0.2, 0.25) is 0 Å². The summed E-state index contributed by atoms with van der Waals surface area (Å²) >= 11 is 0. The Morgan fingerprint density at radius 2 is 1.50 bits per heavy atom. The van der Waals surface area contributed by atoms with Gasteiger partial charge in [-0.15, -0.1) is 0 Å². The van der Waals surface area contributed by atoms with Crippen molar-refractivity contribution < 1.29 is 19.1 Å². The number of carbonyl (C=O) groups excluding carboxylic acids is 2. The minimum atomic E-state index is -0.543. The number of ether oxygens (including phenoxy) is 2. The molecule has 1 aliphatic rings. The molecule has 0 bridgehead atoms. The van der Waals surface area contributed by atoms with E-state index in [2.05, 4.69) is 13.8 Å². The summed E-state index contributed by atoms with van der Waals surface area (Å²) in [6.07, 6.45) is 1.13. The maximum atomic E-state index is 12.2. The summed E-state index contributed by atoms with van der Waals surface area (Å²) in [6, 6.07) is 17.5. The van der Waals surface area contributed by atoms with Gasteiger partial charge in [-0.1, -0.05) is 56.3 Å². The van der Waals surface area contributed by atoms with Crippen LogP contribution in [0.3, 0.4) is 0 Å². The van der Waals surface area contributed by atoms with E-state index < -0.39 is 5.97 Å². The van der Waals surface area contributed by atoms with Gasteiger partial charge in [0.2, 0.25) is 0 Å². The highest BCUT2D eigenvalue weighted by atomic mass is 16.6. The molecule has 2 aromatic rings. The van der Waals surface area contributed by atoms with Gasteiger partial charge in [-0.25, -0.2) is 4.79 Å². The number of hydrogen-bond acceptors (Lipinski definition) is 4. The third-order valence-corrected chi connectivity index (χ3v) is 4.90. The van der Waals surface area contributed by atoms with Crippen LogP contribution < -0.4 is 4.74 Å². The number of amides is 1. The molecule has 1 amide bonds. The molecule has 0 radical (unpaired) electrons. The number of hydrogen-bond donors (Lipinski definition) is 0. The van der Waals surface area contributed by atoms with Crippen LogP contribution in [0, 0.1) is 11.8 Å². The highest BCUT2D eigenvalue weighted by Gasteiger charge is 2.25. The molecule has 5 nitrogen and oxygen atoms in total. The van der Waals surface area contributed by atoms with Crippen molar-refractivity contribution in [2.75, 3.05) is 26.3 Å². The molecule has 2 aromatic carbocycles. The molecule has 1 saturated heterocycles. The van der Waals surface area contributed by atoms with Crippen LogP contribution in [0.1, 0.15) is 20.3 Å². The molecule has 1 heterocycles. The average Bonchev–Trinajstić information content (AvgIpc) is 2.71. The molecule has 0 spiro atoms. The first-order valence-electron chi connectivity index (χ1n) is 9.73. The third kappa shape index (κ3) is 5.59. The predicted octanol–water partition coefficient (Wildman–Crippen LogP) is 3.78. The van der Waals surface area contributed by atoms with Crippen LogP contribution in [0.25, 0.3) is 11.1 Å². The lowest BCUT2D eigenvalue weighted by Crippen LogP contribution is -2.44. The Balaban J connectivity index is 1.42. The lowest BCUT2D eigenvalue weighted by molar-refractivity contribution is -0.154. The Bertz CT molecular complexity index is 778. The summed E-state index contributed by atoms with van der Waals surface area (Å²) in [6.45, 7) is 5.28. The van der Waals surface area contributed by atoms with Gasteiger partial charge in [0.25, 0.3) is 5.91 Å². The topological polar surface area (TPSA) is 55.8 Å². The summed E-state index contributed by atoms with van der Waals surface area (Å²) < 4.78 is 10.6. The molecule has 0 saturated carbocycles. The van der Waals surface area contributed by atoms with E-state index >= 15 is 0 Å². The van der Waals surface area contributed by atoms with Crippen molar-refractivity contribution in [2.45, 2.75) is 20.3 Å². The molecule has 1 aliphatic heterocycles. The lowest BCUT2D eigenvalue weighted by Gasteiger charge is -2.34. The van der Waals surface area contributed by atoms with Crippen molar-refractivity contribution in [3.05, 3.63) is 54.6 Å². The Kier molecular flexibility index (Phi) is 6.69. The fourth-order valence-corrected chi connectivity index (χ4v) is 3.66. The van der Waals surface area contributed by atoms with E-state index in [1.54, 1.807) is 4.90 Å². The van der Waals surface area contributed by atoms with E-state index in [0.29, 0.717) is 17.6 Å². The van der Waals surface area contributed by atoms with Gasteiger partial charge >= 0.3 is 5.97 Å². The van der Waals surface area contributed by atoms with E-state index in [4.69, 9.17) is 9.47 Å². The SMILES string of the molecule is C[C@@H]1C[C@@H](C)CN(C(=O)COC(=O)COc2ccc(-c3ccccc3)cc2)C1. The van der Waals surface area contributed by atoms with Crippen molar-refractivity contribution in [2.24, 2.45) is 11.8 Å². The highest BCUT2D eigenvalue weighted by Crippen LogP contribution is 2.22. The minimum Gasteiger partial charge on any atom is -0.482 e. The van der Waals surface area contributed by atoms with Crippen molar-refractivity contribution in [1.82, 2.24) is 4.90 Å². The zero-order chi connectivity index (χ0) is 19.9. The van der Waals surface area contributed by atoms with Crippen LogP contribution in [0.15, 0.2) is 54.6 Å². The van der Waals surface area contributed by atoms with E-state index in [9.17, 15) is 9.59 Å². The molecule has 28 heavy (non-hydrogen) atoms. The number of carbonyl (C=O) groups is 2. The second-order valence-corrected chi connectivity index (χ2v) is 7.58. The van der Waals surface area contributed by atoms with Crippen LogP contribution in [-0.2, 0) is 14.3 Å². The molecule has 1 fully saturated rings. The van der Waals surface area contributed by atoms with Crippen LogP contribution >= 0.6 is 0 Å². The molecule has 2 atom stereocenters. The molecule has 3 rings (SSSR count). The van der Waals surface area contributed by atoms with Crippen LogP contribution in [0.4, 0.5) is 0 Å². The fourth-order valence-electron chi connectivity index (χ4n) is 3.66. The zero-order valence-corrected chi connectivity index (χ0v) is 16.5. The van der Waals surface area contributed by atoms with E-state index in [-0.39, 0.29) is 19.1 Å². The second-order valence-electron chi connectivity index (χ2n) is 7.58. The van der Waals surface area contributed by atoms with E-state index in [1.165, 1.54) is 0 Å². The minimum absolute atomic E-state index is 0.140. The Hall–Kier alpha value is -2.82. The summed E-state index contributed by atoms with van der Waals surface area (Å²) in [5.74, 6) is 0.857. The molecule has 0 N–H and O–H groups in total. The average molecular weight is 381 g/mol. The molecule has 0 aliphatic carbocycles. The first-order valence-corrected chi connectivity index (χ1v) is 9.73. The Labute approximate surface area is 166 Å². The van der Waals surface area contributed by atoms with Gasteiger partial charge in [0.1, 0.15) is 5.75 Å². The predicted molar refractivity (Wildman–Crippen MR) is 108 cm³/mol. The van der Waals surface area contributed by atoms with Crippen LogP contribution in [-0.4, -0.2) is 43.1 Å². The third-order valence-electron chi connectivity index (χ3n) is 4.90. The molecular weight excluding hydrogens is 354 g/mol. The van der Waals surface area contributed by atoms with E-state index in [0.717, 1.165) is 30.6 Å². The number of esters is 1. The summed E-state index contributed by atoms with van der Waals surface area (Å²) in [5.41, 5.74) is 2.19. The van der Waals surface area contributed by atoms with Crippen molar-refractivity contribution in [1.29, 1.82) is 0 Å². The molecule has 0 unspecified atom stereocenters. The van der Waals surface area contributed by atoms with Gasteiger partial charge in [-0.05, 0) is 41.5 Å². The molecule has 0 aromatic heterocycles. The number of likely N-dealkylation sites (tertiary alicyclic amines) is 1. The van der Waals surface area contributed by atoms with Gasteiger partial charge in [-0.3, -0.25) is 4.79 Å². The Morgan fingerprint density at radius 3 is 2.14 bits per heavy atom. The largest absolute Gasteiger partial charge is 0.482 e. The number of benzene rings is 2. The summed E-state index contributed by atoms with van der Waals surface area (Å²) in [5, 5.41) is 0. The van der Waals surface area contributed by atoms with Crippen molar-refractivity contribution in [3.8, 4) is 16.9 Å². The number of nitrogens with zero attached hydrogens (tertiary/aromatic N) is 1. The number of rotatable bonds is 6. The van der Waals surface area contributed by atoms with Gasteiger partial charge in [0.15, 0.2) is 13.2 Å².